The van der Waals surface area contributed by atoms with Crippen LogP contribution in [0.15, 0.2) is 4.99 Å². The molecule has 0 spiro atoms. The fourth-order valence-electron chi connectivity index (χ4n) is 1.83. The molecular weight excluding hydrogens is 160 g/mol. The molecule has 0 bridgehead atoms. The van der Waals surface area contributed by atoms with E-state index in [1.165, 1.54) is 25.2 Å². The Kier molecular flexibility index (Phi) is 3.76. The van der Waals surface area contributed by atoms with Crippen LogP contribution in [0, 0.1) is 5.92 Å². The highest BCUT2D eigenvalue weighted by Crippen LogP contribution is 2.13. The summed E-state index contributed by atoms with van der Waals surface area (Å²) in [6.45, 7) is 11.2. The minimum atomic E-state index is 0.570. The molecule has 76 valence electrons. The minimum Gasteiger partial charge on any atom is -0.358 e. The number of rotatable bonds is 2. The predicted molar refractivity (Wildman–Crippen MR) is 58.2 cm³/mol. The lowest BCUT2D eigenvalue weighted by Crippen LogP contribution is -2.39. The van der Waals surface area contributed by atoms with Gasteiger partial charge in [0.15, 0.2) is 0 Å². The molecule has 0 aromatic carbocycles. The molecule has 0 amide bonds. The summed E-state index contributed by atoms with van der Waals surface area (Å²) in [4.78, 5) is 7.12. The van der Waals surface area contributed by atoms with E-state index >= 15 is 0 Å². The van der Waals surface area contributed by atoms with Crippen LogP contribution in [0.4, 0.5) is 0 Å². The fraction of sp³-hybridized carbons (Fsp3) is 0.909. The molecule has 0 saturated carbocycles. The lowest BCUT2D eigenvalue weighted by atomic mass is 10.1. The lowest BCUT2D eigenvalue weighted by Gasteiger charge is -2.30. The minimum absolute atomic E-state index is 0.570. The number of hydrogen-bond acceptors (Lipinski definition) is 2. The van der Waals surface area contributed by atoms with Crippen LogP contribution in [-0.2, 0) is 0 Å². The van der Waals surface area contributed by atoms with Crippen molar-refractivity contribution in [3.05, 3.63) is 0 Å². The largest absolute Gasteiger partial charge is 0.358 e. The van der Waals surface area contributed by atoms with Gasteiger partial charge in [-0.2, -0.15) is 0 Å². The summed E-state index contributed by atoms with van der Waals surface area (Å²) >= 11 is 0. The molecule has 1 aliphatic rings. The van der Waals surface area contributed by atoms with Crippen LogP contribution in [0.3, 0.4) is 0 Å². The smallest absolute Gasteiger partial charge is 0.102 e. The van der Waals surface area contributed by atoms with E-state index in [0.29, 0.717) is 12.0 Å². The van der Waals surface area contributed by atoms with Crippen LogP contribution >= 0.6 is 0 Å². The Morgan fingerprint density at radius 3 is 2.38 bits per heavy atom. The van der Waals surface area contributed by atoms with Gasteiger partial charge in [0.2, 0.25) is 0 Å². The molecule has 0 N–H and O–H groups in total. The maximum Gasteiger partial charge on any atom is 0.102 e. The highest BCUT2D eigenvalue weighted by Gasteiger charge is 2.18. The molecule has 0 fully saturated rings. The molecule has 0 saturated heterocycles. The first-order chi connectivity index (χ1) is 6.13. The maximum atomic E-state index is 4.67. The number of hydrogen-bond donors (Lipinski definition) is 0. The van der Waals surface area contributed by atoms with E-state index in [-0.39, 0.29) is 0 Å². The zero-order valence-corrected chi connectivity index (χ0v) is 9.38. The van der Waals surface area contributed by atoms with Crippen LogP contribution in [0.1, 0.15) is 40.5 Å². The quantitative estimate of drug-likeness (QED) is 0.641. The Labute approximate surface area is 82.0 Å². The summed E-state index contributed by atoms with van der Waals surface area (Å²) < 4.78 is 0. The summed E-state index contributed by atoms with van der Waals surface area (Å²) in [6, 6.07) is 0.597. The van der Waals surface area contributed by atoms with Gasteiger partial charge in [-0.3, -0.25) is 4.99 Å². The van der Waals surface area contributed by atoms with E-state index in [4.69, 9.17) is 0 Å². The molecule has 0 atom stereocenters. The van der Waals surface area contributed by atoms with E-state index < -0.39 is 0 Å². The molecule has 1 rings (SSSR count). The summed E-state index contributed by atoms with van der Waals surface area (Å²) in [6.07, 6.45) is 2.54. The first kappa shape index (κ1) is 10.6. The summed E-state index contributed by atoms with van der Waals surface area (Å²) in [5, 5.41) is 0. The maximum absolute atomic E-state index is 4.67. The summed E-state index contributed by atoms with van der Waals surface area (Å²) in [5.74, 6) is 1.88. The molecule has 0 aliphatic carbocycles. The zero-order valence-electron chi connectivity index (χ0n) is 9.38. The molecule has 0 radical (unpaired) electrons. The molecule has 0 unspecified atom stereocenters. The van der Waals surface area contributed by atoms with Crippen molar-refractivity contribution in [1.82, 2.24) is 4.90 Å². The molecule has 1 heterocycles. The Morgan fingerprint density at radius 1 is 1.15 bits per heavy atom. The summed E-state index contributed by atoms with van der Waals surface area (Å²) in [7, 11) is 0. The summed E-state index contributed by atoms with van der Waals surface area (Å²) in [5.41, 5.74) is 0. The van der Waals surface area contributed by atoms with Crippen molar-refractivity contribution in [2.24, 2.45) is 10.9 Å². The third-order valence-electron chi connectivity index (χ3n) is 2.51. The van der Waals surface area contributed by atoms with E-state index in [0.717, 1.165) is 6.54 Å². The lowest BCUT2D eigenvalue weighted by molar-refractivity contribution is 0.335. The average Bonchev–Trinajstić information content (AvgIpc) is 2.27. The van der Waals surface area contributed by atoms with E-state index in [1.54, 1.807) is 0 Å². The Bertz CT molecular complexity index is 183. The zero-order chi connectivity index (χ0) is 9.84. The first-order valence-corrected chi connectivity index (χ1v) is 5.44. The van der Waals surface area contributed by atoms with E-state index in [1.807, 2.05) is 0 Å². The standard InChI is InChI=1S/C11H22N2/c1-9(2)11-12-7-5-6-8-13(11)10(3)4/h9-10H,5-8H2,1-4H3. The van der Waals surface area contributed by atoms with Crippen LogP contribution in [0.2, 0.25) is 0 Å². The molecule has 2 heteroatoms. The van der Waals surface area contributed by atoms with Gasteiger partial charge in [0.05, 0.1) is 0 Å². The van der Waals surface area contributed by atoms with Crippen LogP contribution in [0.25, 0.3) is 0 Å². The highest BCUT2D eigenvalue weighted by molar-refractivity contribution is 5.84. The topological polar surface area (TPSA) is 15.6 Å². The second-order valence-corrected chi connectivity index (χ2v) is 4.39. The average molecular weight is 182 g/mol. The van der Waals surface area contributed by atoms with Crippen LogP contribution < -0.4 is 0 Å². The fourth-order valence-corrected chi connectivity index (χ4v) is 1.83. The van der Waals surface area contributed by atoms with Gasteiger partial charge in [-0.05, 0) is 26.7 Å². The van der Waals surface area contributed by atoms with E-state index in [9.17, 15) is 0 Å². The van der Waals surface area contributed by atoms with Crippen molar-refractivity contribution in [3.8, 4) is 0 Å². The van der Waals surface area contributed by atoms with Gasteiger partial charge in [-0.15, -0.1) is 0 Å². The van der Waals surface area contributed by atoms with Gasteiger partial charge in [0.1, 0.15) is 5.84 Å². The monoisotopic (exact) mass is 182 g/mol. The third-order valence-corrected chi connectivity index (χ3v) is 2.51. The predicted octanol–water partition coefficient (Wildman–Crippen LogP) is 2.55. The van der Waals surface area contributed by atoms with Gasteiger partial charge in [0.25, 0.3) is 0 Å². The SMILES string of the molecule is CC(C)C1=NCCCCN1C(C)C. The third kappa shape index (κ3) is 2.71. The van der Waals surface area contributed by atoms with Gasteiger partial charge in [0, 0.05) is 25.0 Å². The van der Waals surface area contributed by atoms with Gasteiger partial charge in [-0.1, -0.05) is 13.8 Å². The van der Waals surface area contributed by atoms with E-state index in [2.05, 4.69) is 37.6 Å². The van der Waals surface area contributed by atoms with Gasteiger partial charge < -0.3 is 4.90 Å². The highest BCUT2D eigenvalue weighted by atomic mass is 15.2. The Balaban J connectivity index is 2.75. The van der Waals surface area contributed by atoms with Crippen molar-refractivity contribution < 1.29 is 0 Å². The molecule has 0 aromatic heterocycles. The molecule has 2 nitrogen and oxygen atoms in total. The number of amidine groups is 1. The van der Waals surface area contributed by atoms with Gasteiger partial charge >= 0.3 is 0 Å². The number of aliphatic imine (C=N–C) groups is 1. The second-order valence-electron chi connectivity index (χ2n) is 4.39. The molecular formula is C11H22N2. The van der Waals surface area contributed by atoms with Crippen molar-refractivity contribution in [2.45, 2.75) is 46.6 Å². The first-order valence-electron chi connectivity index (χ1n) is 5.44. The number of nitrogens with zero attached hydrogens (tertiary/aromatic N) is 2. The van der Waals surface area contributed by atoms with Crippen molar-refractivity contribution in [1.29, 1.82) is 0 Å². The van der Waals surface area contributed by atoms with Crippen molar-refractivity contribution in [2.75, 3.05) is 13.1 Å². The van der Waals surface area contributed by atoms with Crippen molar-refractivity contribution >= 4 is 5.84 Å². The van der Waals surface area contributed by atoms with Crippen molar-refractivity contribution in [3.63, 3.8) is 0 Å². The normalized spacial score (nSPS) is 19.2. The second kappa shape index (κ2) is 4.64. The molecule has 13 heavy (non-hydrogen) atoms. The Morgan fingerprint density at radius 2 is 1.85 bits per heavy atom. The Hall–Kier alpha value is -0.530. The molecule has 0 aromatic rings. The molecule has 1 aliphatic heterocycles. The van der Waals surface area contributed by atoms with Crippen LogP contribution in [0.5, 0.6) is 0 Å². The van der Waals surface area contributed by atoms with Gasteiger partial charge in [-0.25, -0.2) is 0 Å². The van der Waals surface area contributed by atoms with Crippen LogP contribution in [-0.4, -0.2) is 29.9 Å².